The maximum absolute atomic E-state index is 10.8. The first kappa shape index (κ1) is 11.7. The lowest BCUT2D eigenvalue weighted by Crippen LogP contribution is -2.30. The fraction of sp³-hybridized carbons (Fsp3) is 0.333. The number of nitrogens with zero attached hydrogens (tertiary/aromatic N) is 1. The highest BCUT2D eigenvalue weighted by Gasteiger charge is 2.04. The van der Waals surface area contributed by atoms with Crippen LogP contribution in [0.25, 0.3) is 0 Å². The maximum atomic E-state index is 10.8. The minimum atomic E-state index is -0.311. The van der Waals surface area contributed by atoms with Gasteiger partial charge in [0.05, 0.1) is 6.54 Å². The predicted octanol–water partition coefficient (Wildman–Crippen LogP) is 1.86. The maximum Gasteiger partial charge on any atom is 0.308 e. The first-order chi connectivity index (χ1) is 6.87. The quantitative estimate of drug-likeness (QED) is 0.326. The van der Waals surface area contributed by atoms with Crippen LogP contribution < -0.4 is 4.74 Å². The van der Waals surface area contributed by atoms with Gasteiger partial charge < -0.3 is 9.22 Å². The van der Waals surface area contributed by atoms with E-state index in [1.54, 1.807) is 6.07 Å². The van der Waals surface area contributed by atoms with E-state index in [-0.39, 0.29) is 5.97 Å². The second kappa shape index (κ2) is 4.45. The normalized spacial score (nSPS) is 11.2. The van der Waals surface area contributed by atoms with Crippen LogP contribution in [0.3, 0.4) is 0 Å². The Hall–Kier alpha value is -1.35. The summed E-state index contributed by atoms with van der Waals surface area (Å²) in [5.74, 6) is 0.252. The molecule has 0 saturated heterocycles. The topological polar surface area (TPSA) is 26.3 Å². The number of ether oxygens (including phenoxy) is 1. The van der Waals surface area contributed by atoms with Crippen LogP contribution in [0, 0.1) is 7.05 Å². The van der Waals surface area contributed by atoms with Crippen molar-refractivity contribution >= 4 is 5.97 Å². The summed E-state index contributed by atoms with van der Waals surface area (Å²) in [5.41, 5.74) is 1.04. The van der Waals surface area contributed by atoms with Crippen LogP contribution in [-0.2, 0) is 11.3 Å². The highest BCUT2D eigenvalue weighted by molar-refractivity contribution is 5.69. The molecule has 0 N–H and O–H groups in total. The molecule has 0 bridgehead atoms. The van der Waals surface area contributed by atoms with Crippen LogP contribution in [0.15, 0.2) is 24.3 Å². The molecule has 0 heterocycles. The molecule has 3 heteroatoms. The van der Waals surface area contributed by atoms with Gasteiger partial charge in [0.2, 0.25) is 0 Å². The van der Waals surface area contributed by atoms with Gasteiger partial charge >= 0.3 is 5.97 Å². The van der Waals surface area contributed by atoms with Crippen LogP contribution in [0.1, 0.15) is 12.5 Å². The van der Waals surface area contributed by atoms with Gasteiger partial charge in [0.15, 0.2) is 0 Å². The third-order valence-electron chi connectivity index (χ3n) is 1.75. The fourth-order valence-electron chi connectivity index (χ4n) is 1.34. The highest BCUT2D eigenvalue weighted by atomic mass is 16.5. The van der Waals surface area contributed by atoms with E-state index in [2.05, 4.69) is 0 Å². The lowest BCUT2D eigenvalue weighted by Gasteiger charge is -2.34. The van der Waals surface area contributed by atoms with Gasteiger partial charge in [-0.1, -0.05) is 12.1 Å². The van der Waals surface area contributed by atoms with Crippen molar-refractivity contribution in [2.24, 2.45) is 0 Å². The smallest absolute Gasteiger partial charge is 0.308 e. The van der Waals surface area contributed by atoms with Crippen LogP contribution in [-0.4, -0.2) is 24.5 Å². The Bertz CT molecular complexity index is 353. The highest BCUT2D eigenvalue weighted by Crippen LogP contribution is 2.16. The molecule has 0 aliphatic heterocycles. The minimum absolute atomic E-state index is 0.311. The SMILES string of the molecule is [CH-][N+](C)(C)Cc1cccc(OC(C)=O)c1. The number of hydrogen-bond donors (Lipinski definition) is 0. The van der Waals surface area contributed by atoms with E-state index < -0.39 is 0 Å². The summed E-state index contributed by atoms with van der Waals surface area (Å²) in [7, 11) is 9.65. The molecule has 0 atom stereocenters. The Kier molecular flexibility index (Phi) is 3.48. The molecule has 1 rings (SSSR count). The number of benzene rings is 1. The molecule has 0 fully saturated rings. The number of quaternary nitrogens is 1. The average Bonchev–Trinajstić information content (AvgIpc) is 1.99. The van der Waals surface area contributed by atoms with Crippen LogP contribution >= 0.6 is 0 Å². The van der Waals surface area contributed by atoms with Crippen LogP contribution in [0.5, 0.6) is 5.75 Å². The molecule has 1 aromatic rings. The molecule has 0 amide bonds. The summed E-state index contributed by atoms with van der Waals surface area (Å²) < 4.78 is 5.33. The minimum Gasteiger partial charge on any atom is -0.478 e. The average molecular weight is 206 g/mol. The van der Waals surface area contributed by atoms with E-state index in [1.165, 1.54) is 6.92 Å². The van der Waals surface area contributed by atoms with Crippen LogP contribution in [0.4, 0.5) is 0 Å². The monoisotopic (exact) mass is 206 g/mol. The van der Waals surface area contributed by atoms with E-state index in [1.807, 2.05) is 32.3 Å². The number of rotatable bonds is 3. The van der Waals surface area contributed by atoms with Crippen molar-refractivity contribution in [2.75, 3.05) is 14.1 Å². The molecule has 1 aromatic carbocycles. The molecule has 15 heavy (non-hydrogen) atoms. The molecule has 81 valence electrons. The Morgan fingerprint density at radius 1 is 1.47 bits per heavy atom. The van der Waals surface area contributed by atoms with Gasteiger partial charge in [-0.3, -0.25) is 4.79 Å². The largest absolute Gasteiger partial charge is 0.478 e. The summed E-state index contributed by atoms with van der Waals surface area (Å²) in [6.45, 7) is 2.07. The molecule has 0 spiro atoms. The first-order valence-electron chi connectivity index (χ1n) is 4.76. The van der Waals surface area contributed by atoms with Crippen molar-refractivity contribution in [3.05, 3.63) is 36.9 Å². The van der Waals surface area contributed by atoms with Crippen molar-refractivity contribution in [3.8, 4) is 5.75 Å². The standard InChI is InChI=1S/C12H16NO2/c1-10(14)15-12-7-5-6-11(8-12)9-13(2,3)4/h2,5-8H,9H2,1,3-4H3. The predicted molar refractivity (Wildman–Crippen MR) is 57.9 cm³/mol. The summed E-state index contributed by atoms with van der Waals surface area (Å²) in [4.78, 5) is 10.8. The van der Waals surface area contributed by atoms with E-state index in [4.69, 9.17) is 11.8 Å². The third kappa shape index (κ3) is 4.61. The zero-order valence-corrected chi connectivity index (χ0v) is 9.36. The van der Waals surface area contributed by atoms with Crippen molar-refractivity contribution in [1.29, 1.82) is 0 Å². The van der Waals surface area contributed by atoms with Crippen molar-refractivity contribution in [3.63, 3.8) is 0 Å². The van der Waals surface area contributed by atoms with Crippen LogP contribution in [0.2, 0.25) is 0 Å². The molecule has 0 saturated carbocycles. The molecule has 3 nitrogen and oxygen atoms in total. The summed E-state index contributed by atoms with van der Waals surface area (Å²) >= 11 is 0. The molecule has 0 aliphatic carbocycles. The molecule has 0 aliphatic rings. The van der Waals surface area contributed by atoms with E-state index in [9.17, 15) is 4.79 Å². The second-order valence-corrected chi connectivity index (χ2v) is 4.18. The van der Waals surface area contributed by atoms with E-state index >= 15 is 0 Å². The Morgan fingerprint density at radius 3 is 2.67 bits per heavy atom. The summed E-state index contributed by atoms with van der Waals surface area (Å²) in [6.07, 6.45) is 0. The zero-order chi connectivity index (χ0) is 11.5. The van der Waals surface area contributed by atoms with E-state index in [0.717, 1.165) is 5.56 Å². The lowest BCUT2D eigenvalue weighted by molar-refractivity contribution is -0.859. The van der Waals surface area contributed by atoms with Crippen molar-refractivity contribution in [2.45, 2.75) is 13.5 Å². The molecule has 0 aromatic heterocycles. The lowest BCUT2D eigenvalue weighted by atomic mass is 10.2. The first-order valence-corrected chi connectivity index (χ1v) is 4.76. The molecule has 0 unspecified atom stereocenters. The fourth-order valence-corrected chi connectivity index (χ4v) is 1.34. The Balaban J connectivity index is 2.79. The van der Waals surface area contributed by atoms with Gasteiger partial charge in [-0.25, -0.2) is 7.05 Å². The third-order valence-corrected chi connectivity index (χ3v) is 1.75. The van der Waals surface area contributed by atoms with Gasteiger partial charge in [-0.15, -0.1) is 0 Å². The van der Waals surface area contributed by atoms with Gasteiger partial charge in [0.25, 0.3) is 0 Å². The second-order valence-electron chi connectivity index (χ2n) is 4.18. The number of carbonyl (C=O) groups is 1. The van der Waals surface area contributed by atoms with Gasteiger partial charge in [-0.2, -0.15) is 0 Å². The zero-order valence-electron chi connectivity index (χ0n) is 9.36. The van der Waals surface area contributed by atoms with E-state index in [0.29, 0.717) is 16.8 Å². The van der Waals surface area contributed by atoms with Gasteiger partial charge in [-0.05, 0) is 12.1 Å². The number of esters is 1. The molecular weight excluding hydrogens is 190 g/mol. The van der Waals surface area contributed by atoms with Gasteiger partial charge in [0, 0.05) is 26.6 Å². The molecule has 1 radical (unpaired) electrons. The van der Waals surface area contributed by atoms with Gasteiger partial charge in [0.1, 0.15) is 5.75 Å². The Morgan fingerprint density at radius 2 is 2.13 bits per heavy atom. The number of carbonyl (C=O) groups excluding carboxylic acids is 1. The van der Waals surface area contributed by atoms with Crippen molar-refractivity contribution in [1.82, 2.24) is 0 Å². The number of hydrogen-bond acceptors (Lipinski definition) is 2. The Labute approximate surface area is 90.9 Å². The molecular formula is C12H16NO2. The van der Waals surface area contributed by atoms with Crippen molar-refractivity contribution < 1.29 is 14.0 Å². The summed E-state index contributed by atoms with van der Waals surface area (Å²) in [6, 6.07) is 7.39. The summed E-state index contributed by atoms with van der Waals surface area (Å²) in [5, 5.41) is 0.